The van der Waals surface area contributed by atoms with Gasteiger partial charge in [-0.2, -0.15) is 5.10 Å². The Bertz CT molecular complexity index is 556. The first-order valence-corrected chi connectivity index (χ1v) is 4.76. The first kappa shape index (κ1) is 9.89. The minimum absolute atomic E-state index is 0.212. The van der Waals surface area contributed by atoms with Crippen molar-refractivity contribution in [2.24, 2.45) is 0 Å². The molecule has 0 radical (unpaired) electrons. The highest BCUT2D eigenvalue weighted by Gasteiger charge is 2.13. The van der Waals surface area contributed by atoms with Gasteiger partial charge in [-0.1, -0.05) is 0 Å². The molecule has 2 aromatic rings. The van der Waals surface area contributed by atoms with Crippen LogP contribution in [0.4, 0.5) is 4.39 Å². The second-order valence-corrected chi connectivity index (χ2v) is 3.51. The Morgan fingerprint density at radius 2 is 2.27 bits per heavy atom. The molecule has 0 bridgehead atoms. The van der Waals surface area contributed by atoms with E-state index in [0.717, 1.165) is 16.6 Å². The zero-order valence-electron chi connectivity index (χ0n) is 8.67. The van der Waals surface area contributed by atoms with Crippen LogP contribution in [-0.2, 0) is 6.54 Å². The van der Waals surface area contributed by atoms with Crippen LogP contribution in [-0.4, -0.2) is 21.4 Å². The zero-order valence-corrected chi connectivity index (χ0v) is 8.67. The van der Waals surface area contributed by atoms with Crippen LogP contribution in [0.1, 0.15) is 11.3 Å². The molecule has 0 aromatic carbocycles. The lowest BCUT2D eigenvalue weighted by Crippen LogP contribution is -2.13. The third-order valence-corrected chi connectivity index (χ3v) is 2.76. The molecule has 0 aliphatic carbocycles. The van der Waals surface area contributed by atoms with Gasteiger partial charge in [-0.25, -0.2) is 9.49 Å². The van der Waals surface area contributed by atoms with Crippen LogP contribution < -0.4 is 5.56 Å². The third kappa shape index (κ3) is 1.35. The van der Waals surface area contributed by atoms with E-state index in [1.54, 1.807) is 10.8 Å². The second-order valence-electron chi connectivity index (χ2n) is 3.51. The van der Waals surface area contributed by atoms with Gasteiger partial charge in [0.2, 0.25) is 0 Å². The molecule has 0 saturated carbocycles. The highest BCUT2D eigenvalue weighted by molar-refractivity contribution is 5.83. The lowest BCUT2D eigenvalue weighted by molar-refractivity contribution is 0.447. The predicted molar refractivity (Wildman–Crippen MR) is 55.8 cm³/mol. The third-order valence-electron chi connectivity index (χ3n) is 2.76. The fourth-order valence-corrected chi connectivity index (χ4v) is 1.86. The van der Waals surface area contributed by atoms with Crippen LogP contribution in [0.15, 0.2) is 11.0 Å². The molecule has 2 heterocycles. The summed E-state index contributed by atoms with van der Waals surface area (Å²) in [5.74, 6) is 0. The maximum Gasteiger partial charge on any atom is 0.288 e. The molecule has 0 aliphatic rings. The molecular formula is C10H12FN3O. The molecule has 0 spiro atoms. The van der Waals surface area contributed by atoms with Gasteiger partial charge in [0.1, 0.15) is 12.2 Å². The smallest absolute Gasteiger partial charge is 0.288 e. The normalized spacial score (nSPS) is 11.1. The Hall–Kier alpha value is -1.65. The van der Waals surface area contributed by atoms with Crippen molar-refractivity contribution < 1.29 is 4.39 Å². The highest BCUT2D eigenvalue weighted by atomic mass is 19.1. The van der Waals surface area contributed by atoms with Crippen LogP contribution in [0.2, 0.25) is 0 Å². The van der Waals surface area contributed by atoms with Crippen LogP contribution in [0, 0.1) is 13.8 Å². The molecule has 2 rings (SSSR count). The van der Waals surface area contributed by atoms with Crippen LogP contribution in [0.25, 0.3) is 10.9 Å². The summed E-state index contributed by atoms with van der Waals surface area (Å²) in [7, 11) is 0. The Morgan fingerprint density at radius 3 is 2.93 bits per heavy atom. The summed E-state index contributed by atoms with van der Waals surface area (Å²) in [6.07, 6.45) is 1.60. The number of hydrogen-bond acceptors (Lipinski definition) is 2. The maximum absolute atomic E-state index is 12.4. The minimum atomic E-state index is -0.480. The average Bonchev–Trinajstić information content (AvgIpc) is 2.46. The summed E-state index contributed by atoms with van der Waals surface area (Å²) in [5.41, 5.74) is 2.15. The molecule has 0 fully saturated rings. The van der Waals surface area contributed by atoms with E-state index in [2.05, 4.69) is 10.2 Å². The number of halogens is 1. The molecule has 0 atom stereocenters. The fourth-order valence-electron chi connectivity index (χ4n) is 1.86. The summed E-state index contributed by atoms with van der Waals surface area (Å²) in [6.45, 7) is 3.52. The Labute approximate surface area is 85.7 Å². The van der Waals surface area contributed by atoms with Crippen LogP contribution >= 0.6 is 0 Å². The summed E-state index contributed by atoms with van der Waals surface area (Å²) >= 11 is 0. The molecule has 0 amide bonds. The number of fused-ring (bicyclic) bond motifs is 1. The van der Waals surface area contributed by atoms with E-state index in [0.29, 0.717) is 5.52 Å². The van der Waals surface area contributed by atoms with Crippen molar-refractivity contribution in [1.82, 2.24) is 14.8 Å². The molecule has 80 valence electrons. The lowest BCUT2D eigenvalue weighted by Gasteiger charge is -2.03. The monoisotopic (exact) mass is 209 g/mol. The number of alkyl halides is 1. The van der Waals surface area contributed by atoms with Crippen molar-refractivity contribution >= 4 is 10.9 Å². The second kappa shape index (κ2) is 3.49. The molecule has 0 saturated heterocycles. The maximum atomic E-state index is 12.4. The number of hydrogen-bond donors (Lipinski definition) is 1. The summed E-state index contributed by atoms with van der Waals surface area (Å²) in [6, 6.07) is 0. The Balaban J connectivity index is 2.89. The number of nitrogens with one attached hydrogen (secondary N) is 1. The van der Waals surface area contributed by atoms with Gasteiger partial charge in [0.15, 0.2) is 0 Å². The molecule has 1 N–H and O–H groups in total. The lowest BCUT2D eigenvalue weighted by atomic mass is 10.2. The zero-order chi connectivity index (χ0) is 11.0. The van der Waals surface area contributed by atoms with E-state index in [-0.39, 0.29) is 12.1 Å². The number of aromatic nitrogens is 3. The van der Waals surface area contributed by atoms with Gasteiger partial charge in [-0.05, 0) is 19.4 Å². The average molecular weight is 209 g/mol. The topological polar surface area (TPSA) is 50.7 Å². The largest absolute Gasteiger partial charge is 0.337 e. The van der Waals surface area contributed by atoms with Gasteiger partial charge < -0.3 is 4.57 Å². The van der Waals surface area contributed by atoms with E-state index in [1.807, 2.05) is 13.8 Å². The van der Waals surface area contributed by atoms with Gasteiger partial charge >= 0.3 is 0 Å². The first-order chi connectivity index (χ1) is 7.16. The van der Waals surface area contributed by atoms with Crippen molar-refractivity contribution in [3.8, 4) is 0 Å². The Kier molecular flexibility index (Phi) is 2.30. The number of nitrogens with zero attached hydrogens (tertiary/aromatic N) is 2. The first-order valence-electron chi connectivity index (χ1n) is 4.76. The van der Waals surface area contributed by atoms with Crippen molar-refractivity contribution in [1.29, 1.82) is 0 Å². The van der Waals surface area contributed by atoms with Crippen molar-refractivity contribution in [3.63, 3.8) is 0 Å². The molecule has 15 heavy (non-hydrogen) atoms. The number of aryl methyl sites for hydroxylation is 2. The molecule has 4 nitrogen and oxygen atoms in total. The fraction of sp³-hybridized carbons (Fsp3) is 0.400. The van der Waals surface area contributed by atoms with Gasteiger partial charge in [-0.15, -0.1) is 0 Å². The molecular weight excluding hydrogens is 197 g/mol. The van der Waals surface area contributed by atoms with E-state index in [9.17, 15) is 9.18 Å². The SMILES string of the molecule is Cc1c(C)n(CCF)c2c(=O)[nH]ncc12. The van der Waals surface area contributed by atoms with E-state index >= 15 is 0 Å². The van der Waals surface area contributed by atoms with Gasteiger partial charge in [0.25, 0.3) is 5.56 Å². The Morgan fingerprint density at radius 1 is 1.53 bits per heavy atom. The summed E-state index contributed by atoms with van der Waals surface area (Å²) in [5, 5.41) is 6.90. The van der Waals surface area contributed by atoms with Crippen LogP contribution in [0.3, 0.4) is 0 Å². The molecule has 2 aromatic heterocycles. The standard InChI is InChI=1S/C10H12FN3O/c1-6-7(2)14(4-3-11)9-8(6)5-12-13-10(9)15/h5H,3-4H2,1-2H3,(H,13,15). The minimum Gasteiger partial charge on any atom is -0.337 e. The van der Waals surface area contributed by atoms with Crippen molar-refractivity contribution in [2.45, 2.75) is 20.4 Å². The molecule has 0 unspecified atom stereocenters. The van der Waals surface area contributed by atoms with Gasteiger partial charge in [0, 0.05) is 11.1 Å². The van der Waals surface area contributed by atoms with E-state index in [4.69, 9.17) is 0 Å². The summed E-state index contributed by atoms with van der Waals surface area (Å²) in [4.78, 5) is 11.6. The number of H-pyrrole nitrogens is 1. The van der Waals surface area contributed by atoms with Crippen LogP contribution in [0.5, 0.6) is 0 Å². The quantitative estimate of drug-likeness (QED) is 0.810. The molecule has 0 aliphatic heterocycles. The van der Waals surface area contributed by atoms with E-state index in [1.165, 1.54) is 0 Å². The highest BCUT2D eigenvalue weighted by Crippen LogP contribution is 2.21. The van der Waals surface area contributed by atoms with Gasteiger partial charge in [-0.3, -0.25) is 4.79 Å². The summed E-state index contributed by atoms with van der Waals surface area (Å²) < 4.78 is 14.1. The molecule has 5 heteroatoms. The predicted octanol–water partition coefficient (Wildman–Crippen LogP) is 1.31. The van der Waals surface area contributed by atoms with Crippen molar-refractivity contribution in [3.05, 3.63) is 27.8 Å². The van der Waals surface area contributed by atoms with Crippen molar-refractivity contribution in [2.75, 3.05) is 6.67 Å². The van der Waals surface area contributed by atoms with Gasteiger partial charge in [0.05, 0.1) is 12.7 Å². The number of aromatic amines is 1. The van der Waals surface area contributed by atoms with E-state index < -0.39 is 6.67 Å². The number of rotatable bonds is 2.